The zero-order valence-corrected chi connectivity index (χ0v) is 11.8. The Bertz CT molecular complexity index is 466. The first-order valence-corrected chi connectivity index (χ1v) is 6.47. The first-order chi connectivity index (χ1) is 9.42. The number of carbonyl (C=O) groups excluding carboxylic acids is 1. The van der Waals surface area contributed by atoms with Crippen molar-refractivity contribution in [3.8, 4) is 5.75 Å². The number of halogens is 2. The molecule has 1 rings (SSSR count). The number of hydrogen-bond donors (Lipinski definition) is 2. The maximum atomic E-state index is 12.0. The molecule has 3 N–H and O–H groups in total. The van der Waals surface area contributed by atoms with Crippen molar-refractivity contribution < 1.29 is 18.3 Å². The molecule has 0 radical (unpaired) electrons. The van der Waals surface area contributed by atoms with Crippen molar-refractivity contribution >= 4 is 23.1 Å². The van der Waals surface area contributed by atoms with Gasteiger partial charge in [-0.15, -0.1) is 0 Å². The van der Waals surface area contributed by atoms with Gasteiger partial charge in [0.05, 0.1) is 4.99 Å². The molecule has 0 aliphatic rings. The molecule has 1 aromatic rings. The van der Waals surface area contributed by atoms with Gasteiger partial charge < -0.3 is 15.8 Å². The number of alkyl halides is 2. The standard InChI is InChI=1S/C13H16F2N2O2S/c1-2-9(7-11(16)20)17-12(18)8-3-5-10(6-4-8)19-13(14)15/h3-6,9,13H,2,7H2,1H3,(H2,16,20)(H,17,18). The molecule has 0 heterocycles. The van der Waals surface area contributed by atoms with Crippen LogP contribution in [0.2, 0.25) is 0 Å². The second kappa shape index (κ2) is 7.74. The third kappa shape index (κ3) is 5.48. The van der Waals surface area contributed by atoms with Crippen LogP contribution in [0.25, 0.3) is 0 Å². The van der Waals surface area contributed by atoms with E-state index in [0.29, 0.717) is 23.4 Å². The summed E-state index contributed by atoms with van der Waals surface area (Å²) in [5.74, 6) is -0.302. The van der Waals surface area contributed by atoms with Gasteiger partial charge in [-0.05, 0) is 30.7 Å². The molecule has 7 heteroatoms. The summed E-state index contributed by atoms with van der Waals surface area (Å²) in [5, 5.41) is 2.78. The molecule has 0 aliphatic carbocycles. The van der Waals surface area contributed by atoms with Crippen LogP contribution >= 0.6 is 12.2 Å². The van der Waals surface area contributed by atoms with Gasteiger partial charge in [0.1, 0.15) is 5.75 Å². The highest BCUT2D eigenvalue weighted by Crippen LogP contribution is 2.15. The largest absolute Gasteiger partial charge is 0.435 e. The van der Waals surface area contributed by atoms with E-state index >= 15 is 0 Å². The molecule has 1 unspecified atom stereocenters. The summed E-state index contributed by atoms with van der Waals surface area (Å²) in [4.78, 5) is 12.3. The Labute approximate surface area is 121 Å². The number of carbonyl (C=O) groups is 1. The molecule has 20 heavy (non-hydrogen) atoms. The monoisotopic (exact) mass is 302 g/mol. The Morgan fingerprint density at radius 2 is 2.00 bits per heavy atom. The molecule has 0 saturated heterocycles. The van der Waals surface area contributed by atoms with E-state index < -0.39 is 6.61 Å². The summed E-state index contributed by atoms with van der Waals surface area (Å²) in [7, 11) is 0. The number of ether oxygens (including phenoxy) is 1. The zero-order chi connectivity index (χ0) is 15.1. The van der Waals surface area contributed by atoms with Crippen LogP contribution in [0.15, 0.2) is 24.3 Å². The van der Waals surface area contributed by atoms with E-state index in [1.165, 1.54) is 24.3 Å². The maximum absolute atomic E-state index is 12.0. The number of amides is 1. The Hall–Kier alpha value is -1.76. The maximum Gasteiger partial charge on any atom is 0.387 e. The Morgan fingerprint density at radius 1 is 1.40 bits per heavy atom. The van der Waals surface area contributed by atoms with Gasteiger partial charge in [-0.25, -0.2) is 0 Å². The number of hydrogen-bond acceptors (Lipinski definition) is 3. The van der Waals surface area contributed by atoms with Crippen LogP contribution in [0, 0.1) is 0 Å². The second-order valence-electron chi connectivity index (χ2n) is 4.15. The Morgan fingerprint density at radius 3 is 2.45 bits per heavy atom. The molecule has 0 bridgehead atoms. The van der Waals surface area contributed by atoms with E-state index in [1.54, 1.807) is 0 Å². The lowest BCUT2D eigenvalue weighted by Gasteiger charge is -2.16. The highest BCUT2D eigenvalue weighted by atomic mass is 32.1. The quantitative estimate of drug-likeness (QED) is 0.760. The highest BCUT2D eigenvalue weighted by molar-refractivity contribution is 7.80. The summed E-state index contributed by atoms with van der Waals surface area (Å²) in [6.45, 7) is -0.979. The molecule has 0 saturated carbocycles. The van der Waals surface area contributed by atoms with Gasteiger partial charge in [0, 0.05) is 18.0 Å². The third-order valence-corrected chi connectivity index (χ3v) is 2.78. The van der Waals surface area contributed by atoms with Gasteiger partial charge in [-0.2, -0.15) is 8.78 Å². The van der Waals surface area contributed by atoms with Gasteiger partial charge in [0.2, 0.25) is 0 Å². The molecule has 4 nitrogen and oxygen atoms in total. The van der Waals surface area contributed by atoms with Crippen molar-refractivity contribution in [3.05, 3.63) is 29.8 Å². The fourth-order valence-electron chi connectivity index (χ4n) is 1.60. The van der Waals surface area contributed by atoms with Crippen LogP contribution in [0.4, 0.5) is 8.78 Å². The normalized spacial score (nSPS) is 12.0. The predicted octanol–water partition coefficient (Wildman–Crippen LogP) is 2.47. The Balaban J connectivity index is 2.65. The van der Waals surface area contributed by atoms with E-state index in [9.17, 15) is 13.6 Å². The summed E-state index contributed by atoms with van der Waals surface area (Å²) >= 11 is 4.80. The van der Waals surface area contributed by atoms with Crippen LogP contribution in [-0.4, -0.2) is 23.5 Å². The van der Waals surface area contributed by atoms with Crippen LogP contribution in [-0.2, 0) is 0 Å². The van der Waals surface area contributed by atoms with Crippen molar-refractivity contribution in [2.24, 2.45) is 5.73 Å². The molecular weight excluding hydrogens is 286 g/mol. The fraction of sp³-hybridized carbons (Fsp3) is 0.385. The van der Waals surface area contributed by atoms with Crippen LogP contribution in [0.5, 0.6) is 5.75 Å². The lowest BCUT2D eigenvalue weighted by atomic mass is 10.1. The third-order valence-electron chi connectivity index (χ3n) is 2.62. The smallest absolute Gasteiger partial charge is 0.387 e. The first kappa shape index (κ1) is 16.3. The molecule has 1 amide bonds. The summed E-state index contributed by atoms with van der Waals surface area (Å²) < 4.78 is 28.2. The minimum absolute atomic E-state index is 0.00623. The molecule has 0 spiro atoms. The van der Waals surface area contributed by atoms with Gasteiger partial charge in [0.15, 0.2) is 0 Å². The molecule has 0 aromatic heterocycles. The predicted molar refractivity (Wildman–Crippen MR) is 76.0 cm³/mol. The number of nitrogens with two attached hydrogens (primary N) is 1. The van der Waals surface area contributed by atoms with E-state index in [2.05, 4.69) is 10.1 Å². The van der Waals surface area contributed by atoms with Crippen molar-refractivity contribution in [1.29, 1.82) is 0 Å². The minimum atomic E-state index is -2.88. The minimum Gasteiger partial charge on any atom is -0.435 e. The molecule has 0 aliphatic heterocycles. The fourth-order valence-corrected chi connectivity index (χ4v) is 1.80. The summed E-state index contributed by atoms with van der Waals surface area (Å²) in [5.41, 5.74) is 5.80. The van der Waals surface area contributed by atoms with E-state index in [4.69, 9.17) is 18.0 Å². The first-order valence-electron chi connectivity index (χ1n) is 6.06. The number of nitrogens with one attached hydrogen (secondary N) is 1. The van der Waals surface area contributed by atoms with Gasteiger partial charge in [-0.3, -0.25) is 4.79 Å². The van der Waals surface area contributed by atoms with Crippen LogP contribution < -0.4 is 15.8 Å². The van der Waals surface area contributed by atoms with Crippen molar-refractivity contribution in [1.82, 2.24) is 5.32 Å². The van der Waals surface area contributed by atoms with Crippen molar-refractivity contribution in [3.63, 3.8) is 0 Å². The van der Waals surface area contributed by atoms with E-state index in [-0.39, 0.29) is 17.7 Å². The van der Waals surface area contributed by atoms with Crippen LogP contribution in [0.3, 0.4) is 0 Å². The second-order valence-corrected chi connectivity index (χ2v) is 4.68. The topological polar surface area (TPSA) is 64.3 Å². The average molecular weight is 302 g/mol. The zero-order valence-electron chi connectivity index (χ0n) is 10.9. The lowest BCUT2D eigenvalue weighted by Crippen LogP contribution is -2.37. The molecule has 0 fully saturated rings. The van der Waals surface area contributed by atoms with E-state index in [0.717, 1.165) is 0 Å². The molecule has 110 valence electrons. The highest BCUT2D eigenvalue weighted by Gasteiger charge is 2.13. The van der Waals surface area contributed by atoms with Crippen molar-refractivity contribution in [2.45, 2.75) is 32.4 Å². The average Bonchev–Trinajstić information content (AvgIpc) is 2.37. The van der Waals surface area contributed by atoms with Crippen LogP contribution in [0.1, 0.15) is 30.1 Å². The number of rotatable bonds is 7. The Kier molecular flexibility index (Phi) is 6.30. The SMILES string of the molecule is CCC(CC(N)=S)NC(=O)c1ccc(OC(F)F)cc1. The van der Waals surface area contributed by atoms with Crippen molar-refractivity contribution in [2.75, 3.05) is 0 Å². The molecule has 1 aromatic carbocycles. The lowest BCUT2D eigenvalue weighted by molar-refractivity contribution is -0.0498. The van der Waals surface area contributed by atoms with Gasteiger partial charge >= 0.3 is 6.61 Å². The summed E-state index contributed by atoms with van der Waals surface area (Å²) in [6.07, 6.45) is 1.11. The van der Waals surface area contributed by atoms with Gasteiger partial charge in [0.25, 0.3) is 5.91 Å². The molecule has 1 atom stereocenters. The molecular formula is C13H16F2N2O2S. The summed E-state index contributed by atoms with van der Waals surface area (Å²) in [6, 6.07) is 5.32. The number of benzene rings is 1. The number of thiocarbonyl (C=S) groups is 1. The van der Waals surface area contributed by atoms with Gasteiger partial charge in [-0.1, -0.05) is 19.1 Å². The van der Waals surface area contributed by atoms with E-state index in [1.807, 2.05) is 6.92 Å².